The maximum absolute atomic E-state index is 12.9. The van der Waals surface area contributed by atoms with E-state index in [-0.39, 0.29) is 17.4 Å². The van der Waals surface area contributed by atoms with Crippen molar-refractivity contribution < 1.29 is 14.7 Å². The Labute approximate surface area is 213 Å². The number of hydrogen-bond acceptors (Lipinski definition) is 6. The molecule has 184 valence electrons. The molecular weight excluding hydrogens is 486 g/mol. The van der Waals surface area contributed by atoms with Gasteiger partial charge >= 0.3 is 6.09 Å². The molecule has 8 nitrogen and oxygen atoms in total. The number of carboxylic acid groups (broad SMARTS) is 1. The molecule has 0 aliphatic carbocycles. The van der Waals surface area contributed by atoms with Gasteiger partial charge in [-0.2, -0.15) is 0 Å². The van der Waals surface area contributed by atoms with E-state index in [4.69, 9.17) is 11.6 Å². The highest BCUT2D eigenvalue weighted by atomic mass is 35.5. The predicted octanol–water partition coefficient (Wildman–Crippen LogP) is 5.70. The molecule has 0 bridgehead atoms. The Balaban J connectivity index is 1.47. The van der Waals surface area contributed by atoms with Crippen molar-refractivity contribution >= 4 is 45.8 Å². The Morgan fingerprint density at radius 1 is 1.23 bits per heavy atom. The van der Waals surface area contributed by atoms with Gasteiger partial charge in [-0.15, -0.1) is 10.2 Å². The van der Waals surface area contributed by atoms with Crippen LogP contribution in [-0.2, 0) is 13.0 Å². The number of carbonyl (C=O) groups excluding carboxylic acids is 1. The lowest BCUT2D eigenvalue weighted by molar-refractivity contribution is 0.0758. The Morgan fingerprint density at radius 3 is 2.66 bits per heavy atom. The third-order valence-electron chi connectivity index (χ3n) is 6.02. The largest absolute Gasteiger partial charge is 0.465 e. The van der Waals surface area contributed by atoms with Crippen molar-refractivity contribution in [2.45, 2.75) is 39.8 Å². The molecule has 0 spiro atoms. The molecule has 10 heteroatoms. The van der Waals surface area contributed by atoms with E-state index in [1.54, 1.807) is 6.07 Å². The summed E-state index contributed by atoms with van der Waals surface area (Å²) in [6.07, 6.45) is -0.364. The van der Waals surface area contributed by atoms with E-state index in [0.29, 0.717) is 35.2 Å². The summed E-state index contributed by atoms with van der Waals surface area (Å²) in [6.45, 7) is 6.98. The summed E-state index contributed by atoms with van der Waals surface area (Å²) < 4.78 is 0. The van der Waals surface area contributed by atoms with Gasteiger partial charge in [0, 0.05) is 19.2 Å². The van der Waals surface area contributed by atoms with Crippen LogP contribution >= 0.6 is 22.9 Å². The monoisotopic (exact) mass is 513 g/mol. The molecule has 0 saturated carbocycles. The van der Waals surface area contributed by atoms with Crippen LogP contribution in [0.15, 0.2) is 42.5 Å². The molecule has 2 aromatic carbocycles. The first-order chi connectivity index (χ1) is 16.5. The molecular formula is C25H28ClN5O3S. The number of amides is 2. The lowest BCUT2D eigenvalue weighted by Gasteiger charge is -2.43. The average molecular weight is 514 g/mol. The minimum absolute atomic E-state index is 0.275. The van der Waals surface area contributed by atoms with Crippen LogP contribution in [0.5, 0.6) is 0 Å². The number of carbonyl (C=O) groups is 2. The number of fused-ring (bicyclic) bond motifs is 1. The van der Waals surface area contributed by atoms with E-state index < -0.39 is 6.09 Å². The molecule has 1 aliphatic rings. The highest BCUT2D eigenvalue weighted by Gasteiger charge is 2.38. The van der Waals surface area contributed by atoms with Crippen LogP contribution in [0.25, 0.3) is 0 Å². The Bertz CT molecular complexity index is 1260. The number of para-hydroxylation sites is 1. The second kappa shape index (κ2) is 9.83. The number of aromatic nitrogens is 2. The number of nitrogens with zero attached hydrogens (tertiary/aromatic N) is 4. The maximum Gasteiger partial charge on any atom is 0.407 e. The van der Waals surface area contributed by atoms with Gasteiger partial charge in [-0.3, -0.25) is 10.1 Å². The Kier molecular flexibility index (Phi) is 7.00. The summed E-state index contributed by atoms with van der Waals surface area (Å²) in [7, 11) is 1.92. The summed E-state index contributed by atoms with van der Waals surface area (Å²) in [5.74, 6) is -0.275. The van der Waals surface area contributed by atoms with E-state index in [1.165, 1.54) is 16.2 Å². The molecule has 3 aromatic rings. The minimum Gasteiger partial charge on any atom is -0.465 e. The van der Waals surface area contributed by atoms with Gasteiger partial charge in [0.05, 0.1) is 23.3 Å². The molecule has 1 unspecified atom stereocenters. The van der Waals surface area contributed by atoms with Crippen LogP contribution in [0.4, 0.5) is 15.6 Å². The summed E-state index contributed by atoms with van der Waals surface area (Å²) in [4.78, 5) is 28.2. The Morgan fingerprint density at radius 2 is 1.97 bits per heavy atom. The second-order valence-corrected chi connectivity index (χ2v) is 11.1. The number of rotatable bonds is 5. The molecule has 1 aromatic heterocycles. The number of hydrogen-bond donors (Lipinski definition) is 2. The van der Waals surface area contributed by atoms with Crippen LogP contribution < -0.4 is 10.2 Å². The topological polar surface area (TPSA) is 98.7 Å². The van der Waals surface area contributed by atoms with Crippen LogP contribution in [-0.4, -0.2) is 45.8 Å². The van der Waals surface area contributed by atoms with Gasteiger partial charge in [-0.1, -0.05) is 61.9 Å². The number of halogens is 1. The average Bonchev–Trinajstić information content (AvgIpc) is 3.23. The molecule has 1 atom stereocenters. The number of benzene rings is 2. The molecule has 2 N–H and O–H groups in total. The quantitative estimate of drug-likeness (QED) is 0.454. The highest BCUT2D eigenvalue weighted by molar-refractivity contribution is 7.15. The van der Waals surface area contributed by atoms with E-state index >= 15 is 0 Å². The van der Waals surface area contributed by atoms with Crippen molar-refractivity contribution in [3.63, 3.8) is 0 Å². The summed E-state index contributed by atoms with van der Waals surface area (Å²) >= 11 is 7.58. The van der Waals surface area contributed by atoms with Gasteiger partial charge in [-0.25, -0.2) is 4.79 Å². The third-order valence-corrected chi connectivity index (χ3v) is 7.17. The van der Waals surface area contributed by atoms with Crippen molar-refractivity contribution in [1.82, 2.24) is 15.1 Å². The number of nitrogens with one attached hydrogen (secondary N) is 1. The van der Waals surface area contributed by atoms with Gasteiger partial charge in [-0.05, 0) is 47.2 Å². The summed E-state index contributed by atoms with van der Waals surface area (Å²) in [5.41, 5.74) is 3.05. The molecule has 35 heavy (non-hydrogen) atoms. The van der Waals surface area contributed by atoms with Crippen LogP contribution in [0.2, 0.25) is 5.02 Å². The normalized spacial score (nSPS) is 15.5. The van der Waals surface area contributed by atoms with Gasteiger partial charge in [0.2, 0.25) is 5.13 Å². The Hall–Kier alpha value is -3.17. The van der Waals surface area contributed by atoms with Crippen LogP contribution in [0.3, 0.4) is 0 Å². The highest BCUT2D eigenvalue weighted by Crippen LogP contribution is 2.42. The lowest BCUT2D eigenvalue weighted by atomic mass is 9.77. The zero-order valence-corrected chi connectivity index (χ0v) is 21.7. The molecule has 1 aliphatic heterocycles. The predicted molar refractivity (Wildman–Crippen MR) is 138 cm³/mol. The van der Waals surface area contributed by atoms with Crippen molar-refractivity contribution in [3.8, 4) is 0 Å². The van der Waals surface area contributed by atoms with Gasteiger partial charge in [0.1, 0.15) is 5.01 Å². The summed E-state index contributed by atoms with van der Waals surface area (Å²) in [6, 6.07) is 12.8. The fourth-order valence-electron chi connectivity index (χ4n) is 4.49. The smallest absolute Gasteiger partial charge is 0.407 e. The first-order valence-electron chi connectivity index (χ1n) is 11.3. The third kappa shape index (κ3) is 5.41. The van der Waals surface area contributed by atoms with Gasteiger partial charge in [0.15, 0.2) is 0 Å². The van der Waals surface area contributed by atoms with Crippen molar-refractivity contribution in [1.29, 1.82) is 0 Å². The van der Waals surface area contributed by atoms with E-state index in [9.17, 15) is 14.7 Å². The fourth-order valence-corrected chi connectivity index (χ4v) is 5.56. The molecule has 0 fully saturated rings. The SMILES string of the molecule is CN(Cc1nnc(NC(=O)c2ccc3c(c2)CCN(C(=O)O)C3C(C)(C)C)s1)c1ccccc1Cl. The summed E-state index contributed by atoms with van der Waals surface area (Å²) in [5, 5.41) is 22.6. The molecule has 4 rings (SSSR count). The molecule has 0 radical (unpaired) electrons. The fraction of sp³-hybridized carbons (Fsp3) is 0.360. The second-order valence-electron chi connectivity index (χ2n) is 9.67. The molecule has 2 amide bonds. The number of anilines is 2. The zero-order valence-electron chi connectivity index (χ0n) is 20.1. The van der Waals surface area contributed by atoms with Gasteiger partial charge < -0.3 is 14.9 Å². The van der Waals surface area contributed by atoms with E-state index in [0.717, 1.165) is 21.8 Å². The van der Waals surface area contributed by atoms with E-state index in [1.807, 2.05) is 69.1 Å². The molecule has 2 heterocycles. The van der Waals surface area contributed by atoms with Crippen molar-refractivity contribution in [2.24, 2.45) is 5.41 Å². The standard InChI is InChI=1S/C25H28ClN5O3S/c1-25(2,3)21-17-10-9-16(13-15(17)11-12-31(21)24(33)34)22(32)27-23-29-28-20(35-23)14-30(4)19-8-6-5-7-18(19)26/h5-10,13,21H,11-12,14H2,1-4H3,(H,33,34)(H,27,29,32). The van der Waals surface area contributed by atoms with E-state index in [2.05, 4.69) is 15.5 Å². The van der Waals surface area contributed by atoms with Crippen molar-refractivity contribution in [2.75, 3.05) is 23.8 Å². The molecule has 0 saturated heterocycles. The van der Waals surface area contributed by atoms with Gasteiger partial charge in [0.25, 0.3) is 5.91 Å². The van der Waals surface area contributed by atoms with Crippen molar-refractivity contribution in [3.05, 3.63) is 69.2 Å². The first kappa shape index (κ1) is 24.9. The lowest BCUT2D eigenvalue weighted by Crippen LogP contribution is -2.44. The zero-order chi connectivity index (χ0) is 25.3. The first-order valence-corrected chi connectivity index (χ1v) is 12.5. The minimum atomic E-state index is -0.926. The van der Waals surface area contributed by atoms with Crippen LogP contribution in [0, 0.1) is 5.41 Å². The maximum atomic E-state index is 12.9. The van der Waals surface area contributed by atoms with Crippen LogP contribution in [0.1, 0.15) is 53.3 Å².